The topological polar surface area (TPSA) is 105 Å². The highest BCUT2D eigenvalue weighted by Crippen LogP contribution is 2.37. The highest BCUT2D eigenvalue weighted by atomic mass is 16.5. The molecule has 2 aliphatic rings. The number of esters is 1. The number of aliphatic hydroxyl groups is 1. The van der Waals surface area contributed by atoms with Crippen molar-refractivity contribution in [1.29, 1.82) is 0 Å². The molecule has 2 aromatic carbocycles. The van der Waals surface area contributed by atoms with Crippen LogP contribution >= 0.6 is 0 Å². The second-order valence-corrected chi connectivity index (χ2v) is 9.72. The number of likely N-dealkylation sites (tertiary alicyclic amines) is 1. The van der Waals surface area contributed by atoms with E-state index in [4.69, 9.17) is 4.74 Å². The number of rotatable bonds is 7. The Morgan fingerprint density at radius 3 is 2.94 bits per heavy atom. The van der Waals surface area contributed by atoms with Crippen molar-refractivity contribution >= 4 is 17.4 Å². The molecule has 0 radical (unpaired) electrons. The van der Waals surface area contributed by atoms with Crippen molar-refractivity contribution in [2.75, 3.05) is 31.5 Å². The van der Waals surface area contributed by atoms with E-state index in [2.05, 4.69) is 49.7 Å². The molecule has 0 amide bonds. The largest absolute Gasteiger partial charge is 0.457 e. The van der Waals surface area contributed by atoms with Crippen LogP contribution in [0.3, 0.4) is 0 Å². The highest BCUT2D eigenvalue weighted by Gasteiger charge is 2.40. The normalized spacial score (nSPS) is 20.4. The number of nitrogens with zero attached hydrogens (tertiary/aromatic N) is 5. The fraction of sp³-hybridized carbons (Fsp3) is 0.333. The number of fused-ring (bicyclic) bond motifs is 2. The molecule has 0 aliphatic carbocycles. The molecular weight excluding hydrogens is 456 g/mol. The van der Waals surface area contributed by atoms with Crippen LogP contribution in [0.1, 0.15) is 45.1 Å². The van der Waals surface area contributed by atoms with Crippen LogP contribution in [0.5, 0.6) is 0 Å². The van der Waals surface area contributed by atoms with Crippen LogP contribution < -0.4 is 5.32 Å². The third-order valence-electron chi connectivity index (χ3n) is 7.63. The Morgan fingerprint density at radius 1 is 1.22 bits per heavy atom. The van der Waals surface area contributed by atoms with Crippen molar-refractivity contribution in [2.45, 2.75) is 31.5 Å². The maximum atomic E-state index is 11.9. The van der Waals surface area contributed by atoms with Crippen molar-refractivity contribution < 1.29 is 14.6 Å². The molecule has 1 unspecified atom stereocenters. The number of ether oxygens (including phenoxy) is 1. The molecule has 2 N–H and O–H groups in total. The van der Waals surface area contributed by atoms with E-state index in [1.807, 2.05) is 29.7 Å². The van der Waals surface area contributed by atoms with E-state index in [-0.39, 0.29) is 18.0 Å². The van der Waals surface area contributed by atoms with E-state index >= 15 is 0 Å². The van der Waals surface area contributed by atoms with Gasteiger partial charge in [-0.05, 0) is 42.6 Å². The lowest BCUT2D eigenvalue weighted by molar-refractivity contribution is 0.0535. The Balaban J connectivity index is 1.22. The van der Waals surface area contributed by atoms with E-state index in [1.165, 1.54) is 5.56 Å². The van der Waals surface area contributed by atoms with Crippen molar-refractivity contribution in [3.63, 3.8) is 0 Å². The van der Waals surface area contributed by atoms with Crippen LogP contribution in [0, 0.1) is 6.92 Å². The summed E-state index contributed by atoms with van der Waals surface area (Å²) in [4.78, 5) is 18.7. The first-order chi connectivity index (χ1) is 17.5. The summed E-state index contributed by atoms with van der Waals surface area (Å²) >= 11 is 0. The van der Waals surface area contributed by atoms with Crippen molar-refractivity contribution in [2.24, 2.45) is 0 Å². The number of anilines is 1. The summed E-state index contributed by atoms with van der Waals surface area (Å²) in [5.41, 5.74) is 5.08. The average molecular weight is 485 g/mol. The van der Waals surface area contributed by atoms with Gasteiger partial charge in [0.1, 0.15) is 12.9 Å². The zero-order valence-corrected chi connectivity index (χ0v) is 20.1. The van der Waals surface area contributed by atoms with Gasteiger partial charge in [-0.1, -0.05) is 36.4 Å². The molecule has 4 aromatic rings. The first-order valence-electron chi connectivity index (χ1n) is 12.2. The third-order valence-corrected chi connectivity index (χ3v) is 7.63. The van der Waals surface area contributed by atoms with Gasteiger partial charge in [-0.15, -0.1) is 10.2 Å². The van der Waals surface area contributed by atoms with Gasteiger partial charge in [-0.25, -0.2) is 9.78 Å². The summed E-state index contributed by atoms with van der Waals surface area (Å²) < 4.78 is 7.03. The SMILES string of the molecule is Cc1c([C@@H](O)CN2CCC(CNc3nccn4cnnc34)(c3ccccc3)C2)ccc2c1COC2=O. The predicted molar refractivity (Wildman–Crippen MR) is 134 cm³/mol. The number of aromatic nitrogens is 4. The Labute approximate surface area is 208 Å². The van der Waals surface area contributed by atoms with Gasteiger partial charge in [-0.3, -0.25) is 9.30 Å². The number of carbonyl (C=O) groups excluding carboxylic acids is 1. The smallest absolute Gasteiger partial charge is 0.338 e. The molecule has 4 heterocycles. The zero-order chi connectivity index (χ0) is 24.7. The quantitative estimate of drug-likeness (QED) is 0.386. The van der Waals surface area contributed by atoms with Gasteiger partial charge >= 0.3 is 5.97 Å². The van der Waals surface area contributed by atoms with Crippen LogP contribution in [-0.2, 0) is 16.8 Å². The van der Waals surface area contributed by atoms with Gasteiger partial charge in [0, 0.05) is 43.0 Å². The van der Waals surface area contributed by atoms with Gasteiger partial charge in [0.05, 0.1) is 11.7 Å². The zero-order valence-electron chi connectivity index (χ0n) is 20.1. The van der Waals surface area contributed by atoms with E-state index < -0.39 is 6.10 Å². The Morgan fingerprint density at radius 2 is 2.08 bits per heavy atom. The lowest BCUT2D eigenvalue weighted by Crippen LogP contribution is -2.39. The molecule has 0 spiro atoms. The van der Waals surface area contributed by atoms with Crippen LogP contribution in [0.15, 0.2) is 61.2 Å². The minimum absolute atomic E-state index is 0.150. The number of benzene rings is 2. The Kier molecular flexibility index (Phi) is 5.66. The van der Waals surface area contributed by atoms with E-state index in [1.54, 1.807) is 18.6 Å². The van der Waals surface area contributed by atoms with Crippen LogP contribution in [0.2, 0.25) is 0 Å². The molecule has 9 nitrogen and oxygen atoms in total. The highest BCUT2D eigenvalue weighted by molar-refractivity contribution is 5.93. The average Bonchev–Trinajstić information content (AvgIpc) is 3.63. The van der Waals surface area contributed by atoms with Gasteiger partial charge in [0.25, 0.3) is 0 Å². The van der Waals surface area contributed by atoms with Crippen molar-refractivity contribution in [1.82, 2.24) is 24.5 Å². The molecular formula is C27H28N6O3. The van der Waals surface area contributed by atoms with Crippen molar-refractivity contribution in [3.05, 3.63) is 89.0 Å². The minimum atomic E-state index is -0.656. The fourth-order valence-corrected chi connectivity index (χ4v) is 5.60. The molecule has 9 heteroatoms. The summed E-state index contributed by atoms with van der Waals surface area (Å²) in [6.45, 7) is 5.09. The molecule has 1 saturated heterocycles. The number of hydrogen-bond acceptors (Lipinski definition) is 8. The number of aliphatic hydroxyl groups excluding tert-OH is 1. The monoisotopic (exact) mass is 484 g/mol. The summed E-state index contributed by atoms with van der Waals surface area (Å²) in [6.07, 6.45) is 5.52. The molecule has 2 atom stereocenters. The molecule has 0 bridgehead atoms. The van der Waals surface area contributed by atoms with Gasteiger partial charge < -0.3 is 15.2 Å². The maximum Gasteiger partial charge on any atom is 0.338 e. The molecule has 0 saturated carbocycles. The summed E-state index contributed by atoms with van der Waals surface area (Å²) in [7, 11) is 0. The summed E-state index contributed by atoms with van der Waals surface area (Å²) in [5, 5.41) is 22.9. The second kappa shape index (κ2) is 9.00. The number of carbonyl (C=O) groups is 1. The Hall–Kier alpha value is -3.82. The Bertz CT molecular complexity index is 1420. The van der Waals surface area contributed by atoms with Gasteiger partial charge in [0.2, 0.25) is 5.65 Å². The fourth-order valence-electron chi connectivity index (χ4n) is 5.60. The van der Waals surface area contributed by atoms with Gasteiger partial charge in [-0.2, -0.15) is 0 Å². The molecule has 2 aliphatic heterocycles. The standard InChI is InChI=1S/C27H28N6O3/c1-18-20(7-8-21-22(18)14-36-26(21)35)23(34)13-32-11-9-27(16-32,19-5-3-2-4-6-19)15-29-24-25-31-30-17-33(25)12-10-28-24/h2-8,10,12,17,23,34H,9,11,13-16H2,1H3,(H,28,29)/t23-,27?/m0/s1. The maximum absolute atomic E-state index is 11.9. The third kappa shape index (κ3) is 3.90. The van der Waals surface area contributed by atoms with Crippen LogP contribution in [0.25, 0.3) is 5.65 Å². The summed E-state index contributed by atoms with van der Waals surface area (Å²) in [5.74, 6) is 0.416. The van der Waals surface area contributed by atoms with E-state index in [0.717, 1.165) is 36.2 Å². The second-order valence-electron chi connectivity index (χ2n) is 9.72. The lowest BCUT2D eigenvalue weighted by atomic mass is 9.79. The number of hydrogen-bond donors (Lipinski definition) is 2. The molecule has 36 heavy (non-hydrogen) atoms. The van der Waals surface area contributed by atoms with Crippen LogP contribution in [-0.4, -0.2) is 61.7 Å². The first kappa shape index (κ1) is 22.6. The van der Waals surface area contributed by atoms with E-state index in [9.17, 15) is 9.90 Å². The molecule has 1 fully saturated rings. The minimum Gasteiger partial charge on any atom is -0.457 e. The number of β-amino-alcohol motifs (C(OH)–C–C–N with tert-alkyl or cyclic N) is 1. The van der Waals surface area contributed by atoms with Crippen LogP contribution in [0.4, 0.5) is 5.82 Å². The number of nitrogens with one attached hydrogen (secondary N) is 1. The van der Waals surface area contributed by atoms with Crippen molar-refractivity contribution in [3.8, 4) is 0 Å². The lowest BCUT2D eigenvalue weighted by Gasteiger charge is -2.31. The predicted octanol–water partition coefficient (Wildman–Crippen LogP) is 2.89. The van der Waals surface area contributed by atoms with E-state index in [0.29, 0.717) is 30.1 Å². The molecule has 6 rings (SSSR count). The number of cyclic esters (lactones) is 1. The molecule has 184 valence electrons. The molecule has 2 aromatic heterocycles. The van der Waals surface area contributed by atoms with Gasteiger partial charge in [0.15, 0.2) is 5.82 Å². The summed E-state index contributed by atoms with van der Waals surface area (Å²) in [6, 6.07) is 14.2. The first-order valence-corrected chi connectivity index (χ1v) is 12.2.